The predicted octanol–water partition coefficient (Wildman–Crippen LogP) is 4.91. The lowest BCUT2D eigenvalue weighted by Gasteiger charge is -2.18. The van der Waals surface area contributed by atoms with Crippen LogP contribution in [0.4, 0.5) is 11.4 Å². The summed E-state index contributed by atoms with van der Waals surface area (Å²) in [5, 5.41) is 3.50. The molecule has 3 N–H and O–H groups in total. The number of nitrogens with one attached hydrogen (secondary N) is 1. The monoisotopic (exact) mass is 304 g/mol. The maximum Gasteiger partial charge on any atom is 0.144 e. The first kappa shape index (κ1) is 15.7. The van der Waals surface area contributed by atoms with Crippen LogP contribution in [0.2, 0.25) is 0 Å². The first-order chi connectivity index (χ1) is 10.0. The lowest BCUT2D eigenvalue weighted by molar-refractivity contribution is 0.319. The van der Waals surface area contributed by atoms with E-state index in [-0.39, 0.29) is 6.04 Å². The zero-order chi connectivity index (χ0) is 15.4. The fourth-order valence-corrected chi connectivity index (χ4v) is 3.42. The van der Waals surface area contributed by atoms with Crippen LogP contribution < -0.4 is 15.8 Å². The zero-order valence-electron chi connectivity index (χ0n) is 13.2. The normalized spacial score (nSPS) is 12.2. The first-order valence-corrected chi connectivity index (χ1v) is 8.19. The topological polar surface area (TPSA) is 47.3 Å². The van der Waals surface area contributed by atoms with Crippen molar-refractivity contribution in [3.8, 4) is 5.75 Å². The van der Waals surface area contributed by atoms with Crippen LogP contribution in [0.3, 0.4) is 0 Å². The van der Waals surface area contributed by atoms with Crippen LogP contribution in [-0.2, 0) is 0 Å². The highest BCUT2D eigenvalue weighted by molar-refractivity contribution is 7.12. The number of ether oxygens (including phenoxy) is 1. The molecule has 0 spiro atoms. The first-order valence-electron chi connectivity index (χ1n) is 7.37. The van der Waals surface area contributed by atoms with Gasteiger partial charge in [-0.05, 0) is 51.0 Å². The summed E-state index contributed by atoms with van der Waals surface area (Å²) in [6.07, 6.45) is 0.973. The molecule has 0 aliphatic carbocycles. The number of nitrogen functional groups attached to an aromatic ring is 1. The third-order valence-corrected chi connectivity index (χ3v) is 4.43. The molecule has 2 rings (SSSR count). The van der Waals surface area contributed by atoms with Gasteiger partial charge in [-0.2, -0.15) is 0 Å². The third-order valence-electron chi connectivity index (χ3n) is 3.45. The second-order valence-corrected chi connectivity index (χ2v) is 6.76. The van der Waals surface area contributed by atoms with E-state index in [1.165, 1.54) is 15.3 Å². The molecule has 0 amide bonds. The summed E-state index contributed by atoms with van der Waals surface area (Å²) < 4.78 is 5.68. The largest absolute Gasteiger partial charge is 0.491 e. The summed E-state index contributed by atoms with van der Waals surface area (Å²) in [5.41, 5.74) is 9.15. The highest BCUT2D eigenvalue weighted by Crippen LogP contribution is 2.34. The molecule has 0 fully saturated rings. The number of benzene rings is 1. The number of thiophene rings is 1. The molecular formula is C17H24N2OS. The molecular weight excluding hydrogens is 280 g/mol. The van der Waals surface area contributed by atoms with Crippen molar-refractivity contribution < 1.29 is 4.74 Å². The standard InChI is InChI=1S/C17H24N2OS/c1-5-9-20-16-8-6-7-15(17(16)18)19-12(3)14-10-11(2)21-13(14)4/h6-8,10,12,19H,5,9,18H2,1-4H3. The van der Waals surface area contributed by atoms with Crippen molar-refractivity contribution in [3.05, 3.63) is 39.6 Å². The van der Waals surface area contributed by atoms with Crippen molar-refractivity contribution in [2.24, 2.45) is 0 Å². The highest BCUT2D eigenvalue weighted by Gasteiger charge is 2.13. The molecule has 21 heavy (non-hydrogen) atoms. The Hall–Kier alpha value is -1.68. The molecule has 2 aromatic rings. The Kier molecular flexibility index (Phi) is 5.12. The second-order valence-electron chi connectivity index (χ2n) is 5.30. The van der Waals surface area contributed by atoms with Crippen LogP contribution in [0.15, 0.2) is 24.3 Å². The lowest BCUT2D eigenvalue weighted by Crippen LogP contribution is -2.09. The molecule has 1 unspecified atom stereocenters. The maximum atomic E-state index is 6.21. The minimum atomic E-state index is 0.221. The van der Waals surface area contributed by atoms with Gasteiger partial charge in [0.25, 0.3) is 0 Å². The molecule has 3 nitrogen and oxygen atoms in total. The van der Waals surface area contributed by atoms with Gasteiger partial charge in [-0.25, -0.2) is 0 Å². The molecule has 0 aliphatic rings. The smallest absolute Gasteiger partial charge is 0.144 e. The van der Waals surface area contributed by atoms with E-state index >= 15 is 0 Å². The number of hydrogen-bond donors (Lipinski definition) is 2. The number of hydrogen-bond acceptors (Lipinski definition) is 4. The van der Waals surface area contributed by atoms with Gasteiger partial charge in [-0.3, -0.25) is 0 Å². The van der Waals surface area contributed by atoms with Crippen molar-refractivity contribution in [1.82, 2.24) is 0 Å². The molecule has 114 valence electrons. The quantitative estimate of drug-likeness (QED) is 0.745. The molecule has 0 saturated carbocycles. The molecule has 1 heterocycles. The number of nitrogens with two attached hydrogens (primary N) is 1. The van der Waals surface area contributed by atoms with Crippen LogP contribution in [-0.4, -0.2) is 6.61 Å². The van der Waals surface area contributed by atoms with Crippen LogP contribution in [0, 0.1) is 13.8 Å². The minimum absolute atomic E-state index is 0.221. The van der Waals surface area contributed by atoms with Crippen LogP contribution >= 0.6 is 11.3 Å². The van der Waals surface area contributed by atoms with Gasteiger partial charge in [0.05, 0.1) is 18.0 Å². The zero-order valence-corrected chi connectivity index (χ0v) is 14.0. The van der Waals surface area contributed by atoms with E-state index in [4.69, 9.17) is 10.5 Å². The lowest BCUT2D eigenvalue weighted by atomic mass is 10.1. The second kappa shape index (κ2) is 6.85. The summed E-state index contributed by atoms with van der Waals surface area (Å²) in [6.45, 7) is 9.23. The Morgan fingerprint density at radius 3 is 2.71 bits per heavy atom. The summed E-state index contributed by atoms with van der Waals surface area (Å²) >= 11 is 1.83. The molecule has 1 aromatic heterocycles. The molecule has 0 saturated heterocycles. The van der Waals surface area contributed by atoms with Gasteiger partial charge in [0.15, 0.2) is 0 Å². The van der Waals surface area contributed by atoms with Gasteiger partial charge in [-0.15, -0.1) is 11.3 Å². The van der Waals surface area contributed by atoms with E-state index in [1.807, 2.05) is 29.5 Å². The fourth-order valence-electron chi connectivity index (χ4n) is 2.40. The summed E-state index contributed by atoms with van der Waals surface area (Å²) in [6, 6.07) is 8.35. The average Bonchev–Trinajstić information content (AvgIpc) is 2.79. The van der Waals surface area contributed by atoms with E-state index in [9.17, 15) is 0 Å². The Balaban J connectivity index is 2.17. The Bertz CT molecular complexity index is 607. The summed E-state index contributed by atoms with van der Waals surface area (Å²) in [4.78, 5) is 2.69. The number of rotatable bonds is 6. The fraction of sp³-hybridized carbons (Fsp3) is 0.412. The van der Waals surface area contributed by atoms with Gasteiger partial charge in [0.1, 0.15) is 5.75 Å². The predicted molar refractivity (Wildman–Crippen MR) is 92.5 cm³/mol. The van der Waals surface area contributed by atoms with Crippen molar-refractivity contribution in [1.29, 1.82) is 0 Å². The van der Waals surface area contributed by atoms with Gasteiger partial charge in [0, 0.05) is 15.8 Å². The Morgan fingerprint density at radius 1 is 1.33 bits per heavy atom. The molecule has 1 atom stereocenters. The minimum Gasteiger partial charge on any atom is -0.491 e. The molecule has 0 radical (unpaired) electrons. The van der Waals surface area contributed by atoms with Crippen molar-refractivity contribution in [2.75, 3.05) is 17.7 Å². The summed E-state index contributed by atoms with van der Waals surface area (Å²) in [5.74, 6) is 0.757. The van der Waals surface area contributed by atoms with Gasteiger partial charge in [-0.1, -0.05) is 13.0 Å². The van der Waals surface area contributed by atoms with Crippen molar-refractivity contribution >= 4 is 22.7 Å². The number of aryl methyl sites for hydroxylation is 2. The Morgan fingerprint density at radius 2 is 2.10 bits per heavy atom. The van der Waals surface area contributed by atoms with Gasteiger partial charge >= 0.3 is 0 Å². The third kappa shape index (κ3) is 3.70. The van der Waals surface area contributed by atoms with E-state index in [1.54, 1.807) is 0 Å². The highest BCUT2D eigenvalue weighted by atomic mass is 32.1. The van der Waals surface area contributed by atoms with E-state index in [2.05, 4.69) is 39.1 Å². The van der Waals surface area contributed by atoms with Crippen molar-refractivity contribution in [3.63, 3.8) is 0 Å². The summed E-state index contributed by atoms with van der Waals surface area (Å²) in [7, 11) is 0. The molecule has 4 heteroatoms. The van der Waals surface area contributed by atoms with E-state index < -0.39 is 0 Å². The molecule has 0 aliphatic heterocycles. The molecule has 1 aromatic carbocycles. The maximum absolute atomic E-state index is 6.21. The average molecular weight is 304 g/mol. The molecule has 0 bridgehead atoms. The van der Waals surface area contributed by atoms with Crippen LogP contribution in [0.5, 0.6) is 5.75 Å². The van der Waals surface area contributed by atoms with E-state index in [0.29, 0.717) is 12.3 Å². The number of para-hydroxylation sites is 1. The van der Waals surface area contributed by atoms with Crippen molar-refractivity contribution in [2.45, 2.75) is 40.2 Å². The van der Waals surface area contributed by atoms with Crippen LogP contribution in [0.1, 0.15) is 41.6 Å². The Labute approximate surface area is 131 Å². The van der Waals surface area contributed by atoms with E-state index in [0.717, 1.165) is 17.9 Å². The number of anilines is 2. The van der Waals surface area contributed by atoms with Crippen LogP contribution in [0.25, 0.3) is 0 Å². The van der Waals surface area contributed by atoms with Gasteiger partial charge in [0.2, 0.25) is 0 Å². The van der Waals surface area contributed by atoms with Gasteiger partial charge < -0.3 is 15.8 Å². The SMILES string of the molecule is CCCOc1cccc(NC(C)c2cc(C)sc2C)c1N.